The maximum atomic E-state index is 6.40. The summed E-state index contributed by atoms with van der Waals surface area (Å²) in [5, 5.41) is 8.43. The number of nitrogens with zero attached hydrogens (tertiary/aromatic N) is 2. The second-order valence-electron chi connectivity index (χ2n) is 5.87. The molecule has 1 atom stereocenters. The topological polar surface area (TPSA) is 54.4 Å². The van der Waals surface area contributed by atoms with E-state index in [1.54, 1.807) is 6.26 Å². The molecule has 0 radical (unpaired) electrons. The third-order valence-electron chi connectivity index (χ3n) is 4.31. The van der Waals surface area contributed by atoms with E-state index >= 15 is 0 Å². The van der Waals surface area contributed by atoms with Gasteiger partial charge in [0.05, 0.1) is 12.0 Å². The number of halogens is 2. The van der Waals surface area contributed by atoms with Gasteiger partial charge in [-0.25, -0.2) is 0 Å². The summed E-state index contributed by atoms with van der Waals surface area (Å²) in [5.74, 6) is 1.34. The van der Waals surface area contributed by atoms with E-state index in [4.69, 9.17) is 20.5 Å². The van der Waals surface area contributed by atoms with Gasteiger partial charge in [-0.1, -0.05) is 35.0 Å². The summed E-state index contributed by atoms with van der Waals surface area (Å²) in [6, 6.07) is 13.9. The average Bonchev–Trinajstić information content (AvgIpc) is 3.27. The lowest BCUT2D eigenvalue weighted by molar-refractivity contribution is 0.150. The van der Waals surface area contributed by atoms with Crippen molar-refractivity contribution in [1.29, 1.82) is 0 Å². The fraction of sp³-hybridized carbons (Fsp3) is 0.278. The van der Waals surface area contributed by atoms with E-state index in [0.717, 1.165) is 35.9 Å². The third kappa shape index (κ3) is 3.90. The van der Waals surface area contributed by atoms with Crippen molar-refractivity contribution in [3.63, 3.8) is 0 Å². The van der Waals surface area contributed by atoms with Crippen molar-refractivity contribution in [2.75, 3.05) is 19.6 Å². The standard InChI is InChI=1S/C18H18ClN3O2.ClH/c19-15-5-2-1-4-14(15)16-11-20-7-8-22(16)12-13-10-18(24-21-13)17-6-3-9-23-17;/h1-6,9-10,16,20H,7-8,11-12H2;1H. The summed E-state index contributed by atoms with van der Waals surface area (Å²) >= 11 is 6.40. The van der Waals surface area contributed by atoms with Crippen molar-refractivity contribution in [2.45, 2.75) is 12.6 Å². The molecule has 0 amide bonds. The van der Waals surface area contributed by atoms with Crippen LogP contribution in [0.15, 0.2) is 57.7 Å². The molecule has 1 aliphatic rings. The summed E-state index contributed by atoms with van der Waals surface area (Å²) in [4.78, 5) is 2.38. The number of benzene rings is 1. The van der Waals surface area contributed by atoms with Crippen LogP contribution in [0.4, 0.5) is 0 Å². The highest BCUT2D eigenvalue weighted by Gasteiger charge is 2.26. The summed E-state index contributed by atoms with van der Waals surface area (Å²) in [6.45, 7) is 3.46. The second kappa shape index (κ2) is 8.06. The van der Waals surface area contributed by atoms with Crippen molar-refractivity contribution in [1.82, 2.24) is 15.4 Å². The SMILES string of the molecule is Cl.Clc1ccccc1C1CNCCN1Cc1cc(-c2ccco2)on1. The Morgan fingerprint density at radius 2 is 2.08 bits per heavy atom. The molecule has 0 spiro atoms. The van der Waals surface area contributed by atoms with Crippen LogP contribution >= 0.6 is 24.0 Å². The van der Waals surface area contributed by atoms with Gasteiger partial charge in [-0.05, 0) is 23.8 Å². The summed E-state index contributed by atoms with van der Waals surface area (Å²) in [6.07, 6.45) is 1.63. The van der Waals surface area contributed by atoms with E-state index in [1.165, 1.54) is 0 Å². The lowest BCUT2D eigenvalue weighted by Crippen LogP contribution is -2.45. The molecular weight excluding hydrogens is 361 g/mol. The van der Waals surface area contributed by atoms with Gasteiger partial charge >= 0.3 is 0 Å². The minimum atomic E-state index is 0. The molecule has 132 valence electrons. The molecule has 0 saturated carbocycles. The van der Waals surface area contributed by atoms with Crippen LogP contribution in [-0.4, -0.2) is 29.7 Å². The molecule has 1 fully saturated rings. The number of furan rings is 1. The van der Waals surface area contributed by atoms with Gasteiger partial charge in [0, 0.05) is 43.3 Å². The number of nitrogens with one attached hydrogen (secondary N) is 1. The number of aromatic nitrogens is 1. The zero-order chi connectivity index (χ0) is 16.4. The molecule has 1 N–H and O–H groups in total. The minimum Gasteiger partial charge on any atom is -0.461 e. The fourth-order valence-corrected chi connectivity index (χ4v) is 3.38. The average molecular weight is 380 g/mol. The molecule has 0 aliphatic carbocycles. The Kier molecular flexibility index (Phi) is 5.81. The van der Waals surface area contributed by atoms with Crippen molar-refractivity contribution in [2.24, 2.45) is 0 Å². The molecule has 1 aliphatic heterocycles. The Bertz CT molecular complexity index is 804. The molecule has 5 nitrogen and oxygen atoms in total. The number of hydrogen-bond acceptors (Lipinski definition) is 5. The smallest absolute Gasteiger partial charge is 0.202 e. The molecule has 25 heavy (non-hydrogen) atoms. The maximum Gasteiger partial charge on any atom is 0.202 e. The van der Waals surface area contributed by atoms with Crippen molar-refractivity contribution < 1.29 is 8.94 Å². The zero-order valence-corrected chi connectivity index (χ0v) is 15.1. The first-order valence-electron chi connectivity index (χ1n) is 8.00. The van der Waals surface area contributed by atoms with Crippen LogP contribution in [0.5, 0.6) is 0 Å². The highest BCUT2D eigenvalue weighted by Crippen LogP contribution is 2.30. The molecule has 1 unspecified atom stereocenters. The molecule has 2 aromatic heterocycles. The number of hydrogen-bond donors (Lipinski definition) is 1. The largest absolute Gasteiger partial charge is 0.461 e. The minimum absolute atomic E-state index is 0. The predicted octanol–water partition coefficient (Wildman–Crippen LogP) is 4.16. The Hall–Kier alpha value is -1.79. The fourth-order valence-electron chi connectivity index (χ4n) is 3.12. The van der Waals surface area contributed by atoms with Crippen LogP contribution in [0.3, 0.4) is 0 Å². The van der Waals surface area contributed by atoms with Gasteiger partial charge in [0.25, 0.3) is 0 Å². The molecule has 3 heterocycles. The Morgan fingerprint density at radius 3 is 2.88 bits per heavy atom. The van der Waals surface area contributed by atoms with Crippen molar-refractivity contribution in [3.8, 4) is 11.5 Å². The van der Waals surface area contributed by atoms with E-state index in [0.29, 0.717) is 18.1 Å². The second-order valence-corrected chi connectivity index (χ2v) is 6.28. The van der Waals surface area contributed by atoms with Crippen LogP contribution < -0.4 is 5.32 Å². The van der Waals surface area contributed by atoms with E-state index in [9.17, 15) is 0 Å². The number of rotatable bonds is 4. The first-order chi connectivity index (χ1) is 11.8. The van der Waals surface area contributed by atoms with Crippen LogP contribution in [-0.2, 0) is 6.54 Å². The summed E-state index contributed by atoms with van der Waals surface area (Å²) in [7, 11) is 0. The molecule has 3 aromatic rings. The first kappa shape index (κ1) is 18.0. The van der Waals surface area contributed by atoms with Crippen LogP contribution in [0.25, 0.3) is 11.5 Å². The Labute approximate surface area is 157 Å². The van der Waals surface area contributed by atoms with Gasteiger partial charge in [0.15, 0.2) is 5.76 Å². The van der Waals surface area contributed by atoms with Crippen LogP contribution in [0.1, 0.15) is 17.3 Å². The lowest BCUT2D eigenvalue weighted by atomic mass is 10.0. The van der Waals surface area contributed by atoms with E-state index in [-0.39, 0.29) is 18.4 Å². The van der Waals surface area contributed by atoms with Gasteiger partial charge in [-0.15, -0.1) is 12.4 Å². The molecular formula is C18H19Cl2N3O2. The quantitative estimate of drug-likeness (QED) is 0.737. The normalized spacial score (nSPS) is 18.0. The monoisotopic (exact) mass is 379 g/mol. The number of piperazine rings is 1. The van der Waals surface area contributed by atoms with E-state index in [1.807, 2.05) is 36.4 Å². The highest BCUT2D eigenvalue weighted by molar-refractivity contribution is 6.31. The lowest BCUT2D eigenvalue weighted by Gasteiger charge is -2.36. The van der Waals surface area contributed by atoms with Crippen LogP contribution in [0, 0.1) is 0 Å². The van der Waals surface area contributed by atoms with Gasteiger partial charge in [-0.3, -0.25) is 4.90 Å². The third-order valence-corrected chi connectivity index (χ3v) is 4.65. The molecule has 1 aromatic carbocycles. The maximum absolute atomic E-state index is 6.40. The summed E-state index contributed by atoms with van der Waals surface area (Å²) in [5.41, 5.74) is 2.03. The highest BCUT2D eigenvalue weighted by atomic mass is 35.5. The molecule has 0 bridgehead atoms. The van der Waals surface area contributed by atoms with E-state index < -0.39 is 0 Å². The predicted molar refractivity (Wildman–Crippen MR) is 98.9 cm³/mol. The van der Waals surface area contributed by atoms with Gasteiger partial charge < -0.3 is 14.3 Å². The Morgan fingerprint density at radius 1 is 1.20 bits per heavy atom. The van der Waals surface area contributed by atoms with E-state index in [2.05, 4.69) is 21.4 Å². The zero-order valence-electron chi connectivity index (χ0n) is 13.5. The molecule has 1 saturated heterocycles. The summed E-state index contributed by atoms with van der Waals surface area (Å²) < 4.78 is 10.8. The first-order valence-corrected chi connectivity index (χ1v) is 8.38. The van der Waals surface area contributed by atoms with Gasteiger partial charge in [0.1, 0.15) is 0 Å². The van der Waals surface area contributed by atoms with Crippen molar-refractivity contribution >= 4 is 24.0 Å². The Balaban J connectivity index is 0.00000182. The molecule has 7 heteroatoms. The van der Waals surface area contributed by atoms with Gasteiger partial charge in [0.2, 0.25) is 5.76 Å². The van der Waals surface area contributed by atoms with Crippen molar-refractivity contribution in [3.05, 3.63) is 65.0 Å². The van der Waals surface area contributed by atoms with Gasteiger partial charge in [-0.2, -0.15) is 0 Å². The molecule has 4 rings (SSSR count). The van der Waals surface area contributed by atoms with Crippen LogP contribution in [0.2, 0.25) is 5.02 Å².